The van der Waals surface area contributed by atoms with Crippen molar-refractivity contribution in [3.8, 4) is 0 Å². The quantitative estimate of drug-likeness (QED) is 0.854. The van der Waals surface area contributed by atoms with Gasteiger partial charge in [0.05, 0.1) is 0 Å². The number of hydrogen-bond acceptors (Lipinski definition) is 3. The molecule has 1 N–H and O–H groups in total. The van der Waals surface area contributed by atoms with Crippen LogP contribution in [-0.2, 0) is 16.6 Å². The minimum atomic E-state index is -0.453. The van der Waals surface area contributed by atoms with Crippen LogP contribution in [0, 0.1) is 5.92 Å². The fourth-order valence-corrected chi connectivity index (χ4v) is 3.73. The lowest BCUT2D eigenvalue weighted by Gasteiger charge is -2.34. The molecular formula is C19H22O3. The molecular weight excluding hydrogens is 276 g/mol. The lowest BCUT2D eigenvalue weighted by atomic mass is 9.69. The van der Waals surface area contributed by atoms with Gasteiger partial charge in [0.2, 0.25) is 11.6 Å². The van der Waals surface area contributed by atoms with Gasteiger partial charge in [-0.1, -0.05) is 32.9 Å². The van der Waals surface area contributed by atoms with Gasteiger partial charge in [-0.3, -0.25) is 9.59 Å². The summed E-state index contributed by atoms with van der Waals surface area (Å²) in [5.74, 6) is -1.16. The topological polar surface area (TPSA) is 54.4 Å². The van der Waals surface area contributed by atoms with Crippen molar-refractivity contribution < 1.29 is 14.7 Å². The van der Waals surface area contributed by atoms with Gasteiger partial charge >= 0.3 is 0 Å². The maximum absolute atomic E-state index is 12.7. The van der Waals surface area contributed by atoms with Crippen LogP contribution in [-0.4, -0.2) is 23.3 Å². The van der Waals surface area contributed by atoms with E-state index in [9.17, 15) is 14.7 Å². The molecule has 0 saturated heterocycles. The molecule has 116 valence electrons. The minimum absolute atomic E-state index is 0.0499. The summed E-state index contributed by atoms with van der Waals surface area (Å²) in [6.07, 6.45) is 4.80. The van der Waals surface area contributed by atoms with Gasteiger partial charge in [-0.2, -0.15) is 0 Å². The van der Waals surface area contributed by atoms with Crippen LogP contribution < -0.4 is 0 Å². The number of Topliss-reactive ketones (excluding diaryl/α,β-unsaturated/α-hetero) is 2. The average molecular weight is 298 g/mol. The summed E-state index contributed by atoms with van der Waals surface area (Å²) in [7, 11) is 0. The fourth-order valence-electron chi connectivity index (χ4n) is 3.73. The van der Waals surface area contributed by atoms with Gasteiger partial charge in [0.15, 0.2) is 0 Å². The zero-order valence-electron chi connectivity index (χ0n) is 13.4. The van der Waals surface area contributed by atoms with E-state index in [0.717, 1.165) is 30.4 Å². The predicted octanol–water partition coefficient (Wildman–Crippen LogP) is 3.08. The number of aliphatic hydroxyl groups is 1. The summed E-state index contributed by atoms with van der Waals surface area (Å²) < 4.78 is 0. The SMILES string of the molecule is CC(CO)C1=Cc2ccc3c(c2C(=O)C1=O)CCCC3(C)C. The number of carbonyl (C=O) groups excluding carboxylic acids is 2. The molecule has 0 amide bonds. The highest BCUT2D eigenvalue weighted by molar-refractivity contribution is 6.52. The third-order valence-electron chi connectivity index (χ3n) is 5.11. The highest BCUT2D eigenvalue weighted by atomic mass is 16.3. The Morgan fingerprint density at radius 2 is 1.95 bits per heavy atom. The largest absolute Gasteiger partial charge is 0.396 e. The van der Waals surface area contributed by atoms with Crippen LogP contribution in [0.3, 0.4) is 0 Å². The van der Waals surface area contributed by atoms with E-state index in [0.29, 0.717) is 11.1 Å². The summed E-state index contributed by atoms with van der Waals surface area (Å²) in [5.41, 5.74) is 4.16. The second-order valence-corrected chi connectivity index (χ2v) is 7.13. The van der Waals surface area contributed by atoms with Crippen molar-refractivity contribution >= 4 is 17.6 Å². The molecule has 0 spiro atoms. The van der Waals surface area contributed by atoms with Crippen molar-refractivity contribution in [1.29, 1.82) is 0 Å². The second kappa shape index (κ2) is 5.17. The van der Waals surface area contributed by atoms with E-state index >= 15 is 0 Å². The summed E-state index contributed by atoms with van der Waals surface area (Å²) in [6.45, 7) is 6.03. The first kappa shape index (κ1) is 15.2. The first-order valence-corrected chi connectivity index (χ1v) is 7.94. The van der Waals surface area contributed by atoms with Gasteiger partial charge in [-0.25, -0.2) is 0 Å². The smallest absolute Gasteiger partial charge is 0.234 e. The fraction of sp³-hybridized carbons (Fsp3) is 0.474. The monoisotopic (exact) mass is 298 g/mol. The Morgan fingerprint density at radius 3 is 2.64 bits per heavy atom. The van der Waals surface area contributed by atoms with Crippen molar-refractivity contribution in [2.75, 3.05) is 6.61 Å². The summed E-state index contributed by atoms with van der Waals surface area (Å²) in [5, 5.41) is 9.30. The molecule has 1 aromatic carbocycles. The molecule has 0 bridgehead atoms. The van der Waals surface area contributed by atoms with Crippen molar-refractivity contribution in [2.24, 2.45) is 5.92 Å². The zero-order chi connectivity index (χ0) is 16.1. The number of carbonyl (C=O) groups is 2. The molecule has 0 aromatic heterocycles. The molecule has 1 aromatic rings. The average Bonchev–Trinajstić information content (AvgIpc) is 2.49. The molecule has 1 atom stereocenters. The number of benzene rings is 1. The van der Waals surface area contributed by atoms with Crippen LogP contribution in [0.15, 0.2) is 17.7 Å². The molecule has 3 rings (SSSR count). The molecule has 0 heterocycles. The number of ketones is 2. The molecule has 3 nitrogen and oxygen atoms in total. The van der Waals surface area contributed by atoms with Gasteiger partial charge in [-0.15, -0.1) is 0 Å². The van der Waals surface area contributed by atoms with Gasteiger partial charge in [0.25, 0.3) is 0 Å². The van der Waals surface area contributed by atoms with Gasteiger partial charge in [0, 0.05) is 23.7 Å². The molecule has 2 aliphatic carbocycles. The van der Waals surface area contributed by atoms with Gasteiger partial charge < -0.3 is 5.11 Å². The third kappa shape index (κ3) is 2.15. The maximum Gasteiger partial charge on any atom is 0.234 e. The molecule has 3 heteroatoms. The lowest BCUT2D eigenvalue weighted by Crippen LogP contribution is -2.31. The van der Waals surface area contributed by atoms with E-state index in [2.05, 4.69) is 19.9 Å². The van der Waals surface area contributed by atoms with Gasteiger partial charge in [0.1, 0.15) is 0 Å². The van der Waals surface area contributed by atoms with E-state index in [4.69, 9.17) is 0 Å². The third-order valence-corrected chi connectivity index (χ3v) is 5.11. The van der Waals surface area contributed by atoms with Crippen LogP contribution in [0.4, 0.5) is 0 Å². The van der Waals surface area contributed by atoms with Crippen molar-refractivity contribution in [1.82, 2.24) is 0 Å². The number of rotatable bonds is 2. The number of hydrogen-bond donors (Lipinski definition) is 1. The molecule has 0 fully saturated rings. The van der Waals surface area contributed by atoms with E-state index in [1.807, 2.05) is 6.07 Å². The van der Waals surface area contributed by atoms with E-state index < -0.39 is 11.6 Å². The second-order valence-electron chi connectivity index (χ2n) is 7.13. The van der Waals surface area contributed by atoms with Crippen LogP contribution in [0.2, 0.25) is 0 Å². The summed E-state index contributed by atoms with van der Waals surface area (Å²) >= 11 is 0. The Labute approximate surface area is 131 Å². The molecule has 0 radical (unpaired) electrons. The van der Waals surface area contributed by atoms with Crippen molar-refractivity contribution in [3.05, 3.63) is 40.0 Å². The molecule has 0 saturated carbocycles. The summed E-state index contributed by atoms with van der Waals surface area (Å²) in [4.78, 5) is 25.1. The highest BCUT2D eigenvalue weighted by Crippen LogP contribution is 2.41. The zero-order valence-corrected chi connectivity index (χ0v) is 13.4. The molecule has 1 unspecified atom stereocenters. The van der Waals surface area contributed by atoms with E-state index in [-0.39, 0.29) is 17.9 Å². The Hall–Kier alpha value is -1.74. The maximum atomic E-state index is 12.7. The standard InChI is InChI=1S/C19H22O3/c1-11(10-20)14-9-12-6-7-15-13(5-4-8-19(15,2)3)16(12)18(22)17(14)21/h6-7,9,11,20H,4-5,8,10H2,1-3H3. The van der Waals surface area contributed by atoms with Crippen LogP contribution in [0.25, 0.3) is 6.08 Å². The Kier molecular flexibility index (Phi) is 3.56. The number of aliphatic hydroxyl groups excluding tert-OH is 1. The first-order chi connectivity index (χ1) is 10.4. The normalized spacial score (nSPS) is 21.0. The van der Waals surface area contributed by atoms with Crippen molar-refractivity contribution in [3.63, 3.8) is 0 Å². The Morgan fingerprint density at radius 1 is 1.23 bits per heavy atom. The van der Waals surface area contributed by atoms with Crippen LogP contribution in [0.5, 0.6) is 0 Å². The summed E-state index contributed by atoms with van der Waals surface area (Å²) in [6, 6.07) is 4.06. The predicted molar refractivity (Wildman–Crippen MR) is 86.0 cm³/mol. The molecule has 0 aliphatic heterocycles. The van der Waals surface area contributed by atoms with E-state index in [1.54, 1.807) is 13.0 Å². The van der Waals surface area contributed by atoms with E-state index in [1.165, 1.54) is 5.56 Å². The Bertz CT molecular complexity index is 695. The first-order valence-electron chi connectivity index (χ1n) is 7.94. The van der Waals surface area contributed by atoms with Gasteiger partial charge in [-0.05, 0) is 47.4 Å². The minimum Gasteiger partial charge on any atom is -0.396 e. The highest BCUT2D eigenvalue weighted by Gasteiger charge is 2.36. The number of fused-ring (bicyclic) bond motifs is 3. The van der Waals surface area contributed by atoms with Crippen LogP contribution in [0.1, 0.15) is 60.7 Å². The Balaban J connectivity index is 2.22. The molecule has 2 aliphatic rings. The lowest BCUT2D eigenvalue weighted by molar-refractivity contribution is -0.112. The van der Waals surface area contributed by atoms with Crippen molar-refractivity contribution in [2.45, 2.75) is 45.4 Å². The molecule has 22 heavy (non-hydrogen) atoms. The van der Waals surface area contributed by atoms with Crippen LogP contribution >= 0.6 is 0 Å².